The number of nitrogens with one attached hydrogen (secondary N) is 4. The minimum Gasteiger partial charge on any atom is -0.492 e. The molecule has 1 aliphatic heterocycles. The molecule has 16 nitrogen and oxygen atoms in total. The number of pyridine rings is 1. The molecular formula is C49H61N9O7. The van der Waals surface area contributed by atoms with E-state index in [0.717, 1.165) is 43.2 Å². The number of hydrogen-bond acceptors (Lipinski definition) is 11. The van der Waals surface area contributed by atoms with Gasteiger partial charge < -0.3 is 47.1 Å². The lowest BCUT2D eigenvalue weighted by molar-refractivity contribution is -0.141. The van der Waals surface area contributed by atoms with Gasteiger partial charge in [-0.15, -0.1) is 0 Å². The van der Waals surface area contributed by atoms with Crippen LogP contribution in [0.25, 0.3) is 11.1 Å². The van der Waals surface area contributed by atoms with Crippen LogP contribution in [-0.4, -0.2) is 97.4 Å². The second-order valence-corrected chi connectivity index (χ2v) is 16.1. The first-order valence-corrected chi connectivity index (χ1v) is 22.1. The van der Waals surface area contributed by atoms with Crippen molar-refractivity contribution in [2.24, 2.45) is 11.5 Å². The van der Waals surface area contributed by atoms with E-state index >= 15 is 4.79 Å². The van der Waals surface area contributed by atoms with Crippen molar-refractivity contribution in [2.45, 2.75) is 89.9 Å². The highest BCUT2D eigenvalue weighted by Crippen LogP contribution is 2.40. The van der Waals surface area contributed by atoms with Gasteiger partial charge >= 0.3 is 0 Å². The summed E-state index contributed by atoms with van der Waals surface area (Å²) in [5, 5.41) is 20.2. The second-order valence-electron chi connectivity index (χ2n) is 16.1. The number of likely N-dealkylation sites (N-methyl/N-ethyl adjacent to an activating group) is 1. The number of fused-ring (bicyclic) bond motifs is 5. The predicted octanol–water partition coefficient (Wildman–Crippen LogP) is 3.58. The zero-order valence-electron chi connectivity index (χ0n) is 37.7. The average Bonchev–Trinajstić information content (AvgIpc) is 3.30. The highest BCUT2D eigenvalue weighted by atomic mass is 16.5. The predicted molar refractivity (Wildman–Crippen MR) is 247 cm³/mol. The van der Waals surface area contributed by atoms with Gasteiger partial charge in [-0.1, -0.05) is 56.5 Å². The molecule has 1 aliphatic rings. The van der Waals surface area contributed by atoms with Crippen LogP contribution in [0, 0.1) is 18.3 Å². The van der Waals surface area contributed by atoms with E-state index in [1.54, 1.807) is 67.0 Å². The number of aryl methyl sites for hydroxylation is 2. The maximum atomic E-state index is 15.0. The first-order chi connectivity index (χ1) is 31.4. The van der Waals surface area contributed by atoms with E-state index in [4.69, 9.17) is 20.9 Å². The van der Waals surface area contributed by atoms with Crippen LogP contribution in [0.1, 0.15) is 83.7 Å². The summed E-state index contributed by atoms with van der Waals surface area (Å²) in [4.78, 5) is 76.5. The van der Waals surface area contributed by atoms with Gasteiger partial charge in [-0.2, -0.15) is 5.26 Å². The summed E-state index contributed by atoms with van der Waals surface area (Å²) in [5.41, 5.74) is 16.6. The molecule has 4 atom stereocenters. The van der Waals surface area contributed by atoms with Crippen LogP contribution in [0.2, 0.25) is 0 Å². The smallest absolute Gasteiger partial charge is 0.252 e. The number of carbonyl (C=O) groups is 5. The maximum absolute atomic E-state index is 15.0. The van der Waals surface area contributed by atoms with E-state index in [1.165, 1.54) is 18.9 Å². The van der Waals surface area contributed by atoms with Gasteiger partial charge in [-0.3, -0.25) is 29.0 Å². The van der Waals surface area contributed by atoms with Crippen LogP contribution in [-0.2, 0) is 38.4 Å². The first kappa shape index (κ1) is 49.2. The Kier molecular flexibility index (Phi) is 18.4. The molecule has 0 saturated heterocycles. The molecule has 65 heavy (non-hydrogen) atoms. The minimum absolute atomic E-state index is 0.0130. The van der Waals surface area contributed by atoms with Gasteiger partial charge in [-0.05, 0) is 90.9 Å². The summed E-state index contributed by atoms with van der Waals surface area (Å²) < 4.78 is 12.2. The van der Waals surface area contributed by atoms with Gasteiger partial charge in [0.25, 0.3) is 5.91 Å². The molecule has 0 fully saturated rings. The Balaban J connectivity index is 1.61. The van der Waals surface area contributed by atoms with Crippen molar-refractivity contribution in [1.82, 2.24) is 31.2 Å². The molecule has 4 bridgehead atoms. The number of nitrogens with two attached hydrogens (primary N) is 2. The summed E-state index contributed by atoms with van der Waals surface area (Å²) in [6, 6.07) is 16.5. The van der Waals surface area contributed by atoms with E-state index in [2.05, 4.69) is 33.2 Å². The van der Waals surface area contributed by atoms with Crippen LogP contribution in [0.3, 0.4) is 0 Å². The molecular weight excluding hydrogens is 827 g/mol. The Hall–Kier alpha value is -6.83. The molecule has 5 rings (SSSR count). The Morgan fingerprint density at radius 1 is 0.923 bits per heavy atom. The van der Waals surface area contributed by atoms with Gasteiger partial charge in [0.05, 0.1) is 6.07 Å². The van der Waals surface area contributed by atoms with Crippen molar-refractivity contribution < 1.29 is 33.4 Å². The minimum atomic E-state index is -1.38. The molecule has 8 N–H and O–H groups in total. The number of nitriles is 1. The lowest BCUT2D eigenvalue weighted by Gasteiger charge is -2.33. The van der Waals surface area contributed by atoms with Gasteiger partial charge in [0.15, 0.2) is 0 Å². The number of rotatable bonds is 19. The Bertz CT molecular complexity index is 2330. The zero-order chi connectivity index (χ0) is 46.9. The van der Waals surface area contributed by atoms with Gasteiger partial charge in [-0.25, -0.2) is 0 Å². The van der Waals surface area contributed by atoms with Crippen molar-refractivity contribution in [3.8, 4) is 28.7 Å². The number of amides is 5. The van der Waals surface area contributed by atoms with E-state index in [1.807, 2.05) is 25.1 Å². The van der Waals surface area contributed by atoms with Crippen LogP contribution in [0.4, 0.5) is 0 Å². The summed E-state index contributed by atoms with van der Waals surface area (Å²) in [7, 11) is 1.46. The Labute approximate surface area is 380 Å². The third kappa shape index (κ3) is 13.3. The molecule has 2 unspecified atom stereocenters. The number of aromatic nitrogens is 1. The molecule has 4 aromatic rings. The molecule has 2 heterocycles. The van der Waals surface area contributed by atoms with Crippen molar-refractivity contribution in [1.29, 1.82) is 5.26 Å². The molecule has 0 radical (unpaired) electrons. The molecule has 344 valence electrons. The normalized spacial score (nSPS) is 16.4. The summed E-state index contributed by atoms with van der Waals surface area (Å²) in [6.07, 6.45) is 8.65. The summed E-state index contributed by atoms with van der Waals surface area (Å²) >= 11 is 0. The number of ether oxygens (including phenoxy) is 2. The monoisotopic (exact) mass is 887 g/mol. The fourth-order valence-corrected chi connectivity index (χ4v) is 7.79. The average molecular weight is 888 g/mol. The highest BCUT2D eigenvalue weighted by molar-refractivity contribution is 6.00. The Morgan fingerprint density at radius 3 is 2.31 bits per heavy atom. The zero-order valence-corrected chi connectivity index (χ0v) is 37.7. The van der Waals surface area contributed by atoms with Crippen LogP contribution < -0.4 is 42.2 Å². The molecule has 5 amide bonds. The van der Waals surface area contributed by atoms with Crippen LogP contribution >= 0.6 is 0 Å². The van der Waals surface area contributed by atoms with Crippen molar-refractivity contribution in [3.05, 3.63) is 113 Å². The van der Waals surface area contributed by atoms with Gasteiger partial charge in [0.2, 0.25) is 23.6 Å². The number of nitrogens with zero attached hydrogens (tertiary/aromatic N) is 3. The number of carbonyl (C=O) groups excluding carboxylic acids is 5. The summed E-state index contributed by atoms with van der Waals surface area (Å²) in [5.74, 6) is -2.27. The number of benzene rings is 3. The van der Waals surface area contributed by atoms with Crippen molar-refractivity contribution >= 4 is 29.5 Å². The standard InChI is InChI=1S/C49H61N9O7/c1-5-6-7-8-10-33-12-15-37(31(2)25-33)46(60)57-41(28-35-11-9-21-53-30-35)49(63)58(4)44-36-14-17-43(65-24-20-52)39(29-36)38-26-34(13-16-42(38)64-23-19-51)27-40(47(61)54-22-18-50)56-45(59)32(3)55-48(44)62/h9,11-17,21,25-26,29-30,32,40-41,44H,5-8,10,19-20,22-24,27-28,51-52H2,1-4H3,(H,54,61)(H,55,62)(H,56,59)(H,57,60)/t32-,40?,41-,44?/m0/s1. The highest BCUT2D eigenvalue weighted by Gasteiger charge is 2.36. The lowest BCUT2D eigenvalue weighted by atomic mass is 9.93. The Morgan fingerprint density at radius 2 is 1.65 bits per heavy atom. The molecule has 3 aromatic carbocycles. The third-order valence-corrected chi connectivity index (χ3v) is 11.2. The fraction of sp³-hybridized carbons (Fsp3) is 0.408. The fourth-order valence-electron chi connectivity index (χ4n) is 7.79. The van der Waals surface area contributed by atoms with E-state index in [9.17, 15) is 24.4 Å². The molecule has 0 aliphatic carbocycles. The largest absolute Gasteiger partial charge is 0.492 e. The topological polar surface area (TPSA) is 244 Å². The molecule has 16 heteroatoms. The second kappa shape index (κ2) is 24.3. The maximum Gasteiger partial charge on any atom is 0.252 e. The van der Waals surface area contributed by atoms with E-state index in [-0.39, 0.29) is 45.7 Å². The van der Waals surface area contributed by atoms with Crippen LogP contribution in [0.5, 0.6) is 11.5 Å². The molecule has 0 saturated carbocycles. The lowest BCUT2D eigenvalue weighted by Crippen LogP contribution is -2.56. The number of hydrogen-bond donors (Lipinski definition) is 6. The van der Waals surface area contributed by atoms with Crippen molar-refractivity contribution in [2.75, 3.05) is 39.9 Å². The first-order valence-electron chi connectivity index (χ1n) is 22.1. The van der Waals surface area contributed by atoms with Crippen molar-refractivity contribution in [3.63, 3.8) is 0 Å². The molecule has 0 spiro atoms. The van der Waals surface area contributed by atoms with Gasteiger partial charge in [0, 0.05) is 62.1 Å². The van der Waals surface area contributed by atoms with E-state index in [0.29, 0.717) is 44.9 Å². The van der Waals surface area contributed by atoms with Crippen LogP contribution in [0.15, 0.2) is 79.1 Å². The SMILES string of the molecule is CCCCCCc1ccc(C(=O)N[C@@H](Cc2cccnc2)C(=O)N(C)C2C(=O)N[C@@H](C)C(=O)NC(C(=O)NCC#N)Cc3ccc(OCCN)c(c3)-c3cc2ccc3OCCN)c(C)c1. The molecule has 1 aromatic heterocycles. The third-order valence-electron chi connectivity index (χ3n) is 11.2. The quantitative estimate of drug-likeness (QED) is 0.0587. The summed E-state index contributed by atoms with van der Waals surface area (Å²) in [6.45, 7) is 5.92. The number of unbranched alkanes of at least 4 members (excludes halogenated alkanes) is 3. The van der Waals surface area contributed by atoms with Gasteiger partial charge in [0.1, 0.15) is 55.4 Å². The van der Waals surface area contributed by atoms with E-state index < -0.39 is 53.7 Å².